The molecule has 1 atom stereocenters. The Bertz CT molecular complexity index is 325. The van der Waals surface area contributed by atoms with Crippen LogP contribution in [0.4, 0.5) is 4.79 Å². The molecule has 0 saturated heterocycles. The molecular weight excluding hydrogens is 244 g/mol. The van der Waals surface area contributed by atoms with Crippen LogP contribution in [-0.4, -0.2) is 29.2 Å². The van der Waals surface area contributed by atoms with Gasteiger partial charge in [-0.2, -0.15) is 0 Å². The number of hydrogen-bond acceptors (Lipinski definition) is 3. The average molecular weight is 272 g/mol. The number of hydrogen-bond donors (Lipinski definition) is 2. The van der Waals surface area contributed by atoms with Crippen LogP contribution in [0, 0.1) is 5.92 Å². The van der Waals surface area contributed by atoms with Gasteiger partial charge < -0.3 is 15.4 Å². The van der Waals surface area contributed by atoms with E-state index in [4.69, 9.17) is 4.74 Å². The summed E-state index contributed by atoms with van der Waals surface area (Å²) in [6.07, 6.45) is -0.574. The Morgan fingerprint density at radius 2 is 1.47 bits per heavy atom. The molecule has 0 spiro atoms. The highest BCUT2D eigenvalue weighted by molar-refractivity contribution is 5.86. The van der Waals surface area contributed by atoms with Gasteiger partial charge in [0.2, 0.25) is 5.91 Å². The molecule has 2 N–H and O–H groups in total. The zero-order valence-electron chi connectivity index (χ0n) is 13.4. The number of amides is 2. The highest BCUT2D eigenvalue weighted by Gasteiger charge is 2.28. The van der Waals surface area contributed by atoms with Crippen LogP contribution in [0.15, 0.2) is 0 Å². The lowest BCUT2D eigenvalue weighted by Gasteiger charge is -2.28. The molecule has 2 amide bonds. The van der Waals surface area contributed by atoms with Crippen molar-refractivity contribution in [3.63, 3.8) is 0 Å². The second-order valence-corrected chi connectivity index (χ2v) is 7.11. The van der Waals surface area contributed by atoms with Gasteiger partial charge in [-0.3, -0.25) is 4.79 Å². The first-order valence-corrected chi connectivity index (χ1v) is 6.63. The van der Waals surface area contributed by atoms with E-state index in [1.54, 1.807) is 20.8 Å². The largest absolute Gasteiger partial charge is 0.444 e. The molecule has 0 radical (unpaired) electrons. The second kappa shape index (κ2) is 6.26. The van der Waals surface area contributed by atoms with Crippen molar-refractivity contribution in [1.29, 1.82) is 0 Å². The molecule has 112 valence electrons. The summed E-state index contributed by atoms with van der Waals surface area (Å²) in [5.74, 6) is -0.219. The molecule has 0 aromatic rings. The van der Waals surface area contributed by atoms with Gasteiger partial charge in [0.25, 0.3) is 0 Å². The Kier molecular flexibility index (Phi) is 5.84. The van der Waals surface area contributed by atoms with Gasteiger partial charge in [0, 0.05) is 5.54 Å². The van der Waals surface area contributed by atoms with Gasteiger partial charge in [-0.25, -0.2) is 4.79 Å². The van der Waals surface area contributed by atoms with Crippen molar-refractivity contribution in [1.82, 2.24) is 10.6 Å². The molecule has 0 fully saturated rings. The van der Waals surface area contributed by atoms with Crippen molar-refractivity contribution in [2.75, 3.05) is 0 Å². The van der Waals surface area contributed by atoms with Gasteiger partial charge in [0.1, 0.15) is 11.6 Å². The molecule has 0 aliphatic rings. The van der Waals surface area contributed by atoms with Gasteiger partial charge in [0.15, 0.2) is 0 Å². The lowest BCUT2D eigenvalue weighted by Crippen LogP contribution is -2.54. The summed E-state index contributed by atoms with van der Waals surface area (Å²) >= 11 is 0. The van der Waals surface area contributed by atoms with Crippen LogP contribution >= 0.6 is 0 Å². The van der Waals surface area contributed by atoms with Crippen LogP contribution in [0.5, 0.6) is 0 Å². The van der Waals surface area contributed by atoms with E-state index in [2.05, 4.69) is 10.6 Å². The fourth-order valence-corrected chi connectivity index (χ4v) is 1.42. The van der Waals surface area contributed by atoms with Gasteiger partial charge in [-0.05, 0) is 47.5 Å². The molecule has 0 saturated carbocycles. The highest BCUT2D eigenvalue weighted by Crippen LogP contribution is 2.10. The minimum absolute atomic E-state index is 0.0186. The monoisotopic (exact) mass is 272 g/mol. The van der Waals surface area contributed by atoms with E-state index in [0.29, 0.717) is 0 Å². The zero-order chi connectivity index (χ0) is 15.4. The van der Waals surface area contributed by atoms with E-state index < -0.39 is 17.7 Å². The molecule has 19 heavy (non-hydrogen) atoms. The fraction of sp³-hybridized carbons (Fsp3) is 0.857. The second-order valence-electron chi connectivity index (χ2n) is 7.11. The molecule has 0 unspecified atom stereocenters. The molecule has 5 nitrogen and oxygen atoms in total. The Labute approximate surface area is 116 Å². The van der Waals surface area contributed by atoms with Crippen LogP contribution < -0.4 is 10.6 Å². The lowest BCUT2D eigenvalue weighted by atomic mass is 10.0. The highest BCUT2D eigenvalue weighted by atomic mass is 16.6. The van der Waals surface area contributed by atoms with E-state index in [1.165, 1.54) is 0 Å². The minimum Gasteiger partial charge on any atom is -0.444 e. The van der Waals surface area contributed by atoms with Crippen LogP contribution in [0.1, 0.15) is 55.4 Å². The van der Waals surface area contributed by atoms with Crippen LogP contribution in [-0.2, 0) is 9.53 Å². The van der Waals surface area contributed by atoms with E-state index in [-0.39, 0.29) is 17.4 Å². The third-order valence-electron chi connectivity index (χ3n) is 2.12. The predicted octanol–water partition coefficient (Wildman–Crippen LogP) is 2.45. The average Bonchev–Trinajstić information content (AvgIpc) is 2.07. The van der Waals surface area contributed by atoms with Crippen LogP contribution in [0.3, 0.4) is 0 Å². The summed E-state index contributed by atoms with van der Waals surface area (Å²) in [5, 5.41) is 5.48. The minimum atomic E-state index is -0.603. The summed E-state index contributed by atoms with van der Waals surface area (Å²) in [4.78, 5) is 23.9. The van der Waals surface area contributed by atoms with Crippen molar-refractivity contribution >= 4 is 12.0 Å². The first-order valence-electron chi connectivity index (χ1n) is 6.63. The Morgan fingerprint density at radius 1 is 1.00 bits per heavy atom. The summed E-state index contributed by atoms with van der Waals surface area (Å²) < 4.78 is 5.17. The van der Waals surface area contributed by atoms with Crippen molar-refractivity contribution in [3.8, 4) is 0 Å². The number of carbonyl (C=O) groups is 2. The number of alkyl carbamates (subject to hydrolysis) is 1. The predicted molar refractivity (Wildman–Crippen MR) is 75.9 cm³/mol. The van der Waals surface area contributed by atoms with Crippen molar-refractivity contribution in [2.24, 2.45) is 5.92 Å². The van der Waals surface area contributed by atoms with Gasteiger partial charge in [0.05, 0.1) is 0 Å². The third kappa shape index (κ3) is 8.46. The summed E-state index contributed by atoms with van der Waals surface area (Å²) in [5.41, 5.74) is -0.911. The molecule has 0 heterocycles. The summed E-state index contributed by atoms with van der Waals surface area (Å²) in [6.45, 7) is 14.8. The summed E-state index contributed by atoms with van der Waals surface area (Å²) in [7, 11) is 0. The zero-order valence-corrected chi connectivity index (χ0v) is 13.4. The van der Waals surface area contributed by atoms with E-state index in [9.17, 15) is 9.59 Å². The molecule has 0 aliphatic heterocycles. The molecule has 0 bridgehead atoms. The van der Waals surface area contributed by atoms with Gasteiger partial charge in [-0.1, -0.05) is 13.8 Å². The molecule has 0 aromatic heterocycles. The number of carbonyl (C=O) groups excluding carboxylic acids is 2. The SMILES string of the molecule is CC(C)[C@H](NC(=O)OC(C)(C)C)C(=O)NC(C)(C)C. The summed E-state index contributed by atoms with van der Waals surface area (Å²) in [6, 6.07) is -0.603. The topological polar surface area (TPSA) is 67.4 Å². The molecule has 5 heteroatoms. The Morgan fingerprint density at radius 3 is 1.79 bits per heavy atom. The Balaban J connectivity index is 4.67. The molecular formula is C14H28N2O3. The van der Waals surface area contributed by atoms with Gasteiger partial charge >= 0.3 is 6.09 Å². The van der Waals surface area contributed by atoms with E-state index >= 15 is 0 Å². The van der Waals surface area contributed by atoms with Crippen LogP contribution in [0.2, 0.25) is 0 Å². The number of ether oxygens (including phenoxy) is 1. The van der Waals surface area contributed by atoms with E-state index in [0.717, 1.165) is 0 Å². The first-order chi connectivity index (χ1) is 8.32. The first kappa shape index (κ1) is 17.7. The van der Waals surface area contributed by atoms with Crippen molar-refractivity contribution in [2.45, 2.75) is 72.6 Å². The molecule has 0 rings (SSSR count). The van der Waals surface area contributed by atoms with E-state index in [1.807, 2.05) is 34.6 Å². The van der Waals surface area contributed by atoms with Crippen LogP contribution in [0.25, 0.3) is 0 Å². The van der Waals surface area contributed by atoms with Gasteiger partial charge in [-0.15, -0.1) is 0 Å². The third-order valence-corrected chi connectivity index (χ3v) is 2.12. The lowest BCUT2D eigenvalue weighted by molar-refractivity contribution is -0.125. The molecule has 0 aliphatic carbocycles. The fourth-order valence-electron chi connectivity index (χ4n) is 1.42. The maximum absolute atomic E-state index is 12.1. The maximum atomic E-state index is 12.1. The van der Waals surface area contributed by atoms with Crippen molar-refractivity contribution in [3.05, 3.63) is 0 Å². The Hall–Kier alpha value is -1.26. The normalized spacial score (nSPS) is 13.9. The quantitative estimate of drug-likeness (QED) is 0.829. The number of nitrogens with one attached hydrogen (secondary N) is 2. The molecule has 0 aromatic carbocycles. The van der Waals surface area contributed by atoms with Crippen molar-refractivity contribution < 1.29 is 14.3 Å². The number of rotatable bonds is 3. The smallest absolute Gasteiger partial charge is 0.408 e. The standard InChI is InChI=1S/C14H28N2O3/c1-9(2)10(11(17)16-13(3,4)5)15-12(18)19-14(6,7)8/h9-10H,1-8H3,(H,15,18)(H,16,17)/t10-/m0/s1. The maximum Gasteiger partial charge on any atom is 0.408 e.